The quantitative estimate of drug-likeness (QED) is 0.783. The van der Waals surface area contributed by atoms with Crippen LogP contribution in [-0.2, 0) is 16.6 Å². The maximum atomic E-state index is 12.2. The minimum atomic E-state index is -0.243. The number of fused-ring (bicyclic) bond motifs is 1. The molecule has 0 saturated heterocycles. The average molecular weight is 275 g/mol. The SMILES string of the molecule is CCOC(=O)c1cc2c(nc1C(C)(C)C)C(CC)CC2. The maximum Gasteiger partial charge on any atom is 0.340 e. The van der Waals surface area contributed by atoms with E-state index >= 15 is 0 Å². The third-order valence-electron chi connectivity index (χ3n) is 3.98. The van der Waals surface area contributed by atoms with Crippen molar-refractivity contribution in [2.75, 3.05) is 6.61 Å². The van der Waals surface area contributed by atoms with Gasteiger partial charge in [-0.2, -0.15) is 0 Å². The second-order valence-electron chi connectivity index (χ2n) is 6.54. The molecule has 2 rings (SSSR count). The summed E-state index contributed by atoms with van der Waals surface area (Å²) < 4.78 is 5.20. The topological polar surface area (TPSA) is 39.2 Å². The van der Waals surface area contributed by atoms with Crippen molar-refractivity contribution < 1.29 is 9.53 Å². The number of pyridine rings is 1. The molecule has 0 spiro atoms. The number of carbonyl (C=O) groups excluding carboxylic acids is 1. The van der Waals surface area contributed by atoms with Crippen molar-refractivity contribution in [2.45, 2.75) is 65.2 Å². The Bertz CT molecular complexity index is 514. The Morgan fingerprint density at radius 2 is 2.10 bits per heavy atom. The summed E-state index contributed by atoms with van der Waals surface area (Å²) in [5.41, 5.74) is 3.79. The number of esters is 1. The molecule has 0 fully saturated rings. The highest BCUT2D eigenvalue weighted by molar-refractivity contribution is 5.91. The van der Waals surface area contributed by atoms with E-state index in [1.54, 1.807) is 0 Å². The number of rotatable bonds is 3. The molecular formula is C17H25NO2. The smallest absolute Gasteiger partial charge is 0.340 e. The van der Waals surface area contributed by atoms with Gasteiger partial charge in [-0.25, -0.2) is 4.79 Å². The summed E-state index contributed by atoms with van der Waals surface area (Å²) >= 11 is 0. The largest absolute Gasteiger partial charge is 0.462 e. The number of aromatic nitrogens is 1. The van der Waals surface area contributed by atoms with Crippen molar-refractivity contribution in [3.05, 3.63) is 28.6 Å². The summed E-state index contributed by atoms with van der Waals surface area (Å²) in [5, 5.41) is 0. The molecular weight excluding hydrogens is 250 g/mol. The standard InChI is InChI=1S/C17H25NO2/c1-6-11-8-9-12-10-13(16(19)20-7-2)15(17(3,4)5)18-14(11)12/h10-11H,6-9H2,1-5H3. The van der Waals surface area contributed by atoms with Gasteiger partial charge in [0, 0.05) is 17.0 Å². The number of carbonyl (C=O) groups is 1. The van der Waals surface area contributed by atoms with E-state index in [4.69, 9.17) is 9.72 Å². The Balaban J connectivity index is 2.54. The van der Waals surface area contributed by atoms with Crippen LogP contribution in [0.15, 0.2) is 6.07 Å². The predicted octanol–water partition coefficient (Wildman–Crippen LogP) is 4.00. The normalized spacial score (nSPS) is 17.9. The highest BCUT2D eigenvalue weighted by atomic mass is 16.5. The van der Waals surface area contributed by atoms with E-state index in [-0.39, 0.29) is 11.4 Å². The Morgan fingerprint density at radius 3 is 2.65 bits per heavy atom. The van der Waals surface area contributed by atoms with Crippen LogP contribution in [0.2, 0.25) is 0 Å². The molecule has 1 aliphatic carbocycles. The van der Waals surface area contributed by atoms with Gasteiger partial charge >= 0.3 is 5.97 Å². The summed E-state index contributed by atoms with van der Waals surface area (Å²) in [5.74, 6) is 0.301. The van der Waals surface area contributed by atoms with Gasteiger partial charge in [-0.3, -0.25) is 4.98 Å². The lowest BCUT2D eigenvalue weighted by molar-refractivity contribution is 0.0522. The third kappa shape index (κ3) is 2.72. The van der Waals surface area contributed by atoms with Gasteiger partial charge in [-0.1, -0.05) is 27.7 Å². The van der Waals surface area contributed by atoms with Crippen LogP contribution in [0.3, 0.4) is 0 Å². The first-order chi connectivity index (χ1) is 9.38. The van der Waals surface area contributed by atoms with Crippen molar-refractivity contribution in [2.24, 2.45) is 0 Å². The number of ether oxygens (including phenoxy) is 1. The Hall–Kier alpha value is -1.38. The van der Waals surface area contributed by atoms with Crippen LogP contribution in [0, 0.1) is 0 Å². The van der Waals surface area contributed by atoms with Gasteiger partial charge in [0.1, 0.15) is 0 Å². The van der Waals surface area contributed by atoms with E-state index in [2.05, 4.69) is 27.7 Å². The zero-order valence-electron chi connectivity index (χ0n) is 13.2. The van der Waals surface area contributed by atoms with E-state index < -0.39 is 0 Å². The van der Waals surface area contributed by atoms with E-state index in [9.17, 15) is 4.79 Å². The van der Waals surface area contributed by atoms with Crippen LogP contribution < -0.4 is 0 Å². The molecule has 1 atom stereocenters. The van der Waals surface area contributed by atoms with E-state index in [1.165, 1.54) is 11.3 Å². The van der Waals surface area contributed by atoms with Gasteiger partial charge in [0.25, 0.3) is 0 Å². The fourth-order valence-electron chi connectivity index (χ4n) is 2.92. The van der Waals surface area contributed by atoms with E-state index in [1.807, 2.05) is 13.0 Å². The van der Waals surface area contributed by atoms with Gasteiger partial charge in [0.2, 0.25) is 0 Å². The van der Waals surface area contributed by atoms with E-state index in [0.29, 0.717) is 18.1 Å². The molecule has 0 bridgehead atoms. The predicted molar refractivity (Wildman–Crippen MR) is 80.2 cm³/mol. The highest BCUT2D eigenvalue weighted by Gasteiger charge is 2.30. The monoisotopic (exact) mass is 275 g/mol. The van der Waals surface area contributed by atoms with Crippen molar-refractivity contribution in [1.29, 1.82) is 0 Å². The van der Waals surface area contributed by atoms with Gasteiger partial charge in [-0.05, 0) is 37.8 Å². The zero-order chi connectivity index (χ0) is 14.9. The fourth-order valence-corrected chi connectivity index (χ4v) is 2.92. The minimum Gasteiger partial charge on any atom is -0.462 e. The molecule has 0 saturated carbocycles. The van der Waals surface area contributed by atoms with Crippen LogP contribution in [-0.4, -0.2) is 17.6 Å². The van der Waals surface area contributed by atoms with Crippen LogP contribution >= 0.6 is 0 Å². The van der Waals surface area contributed by atoms with Crippen molar-refractivity contribution in [3.63, 3.8) is 0 Å². The molecule has 0 radical (unpaired) electrons. The van der Waals surface area contributed by atoms with Crippen LogP contribution in [0.25, 0.3) is 0 Å². The van der Waals surface area contributed by atoms with Crippen LogP contribution in [0.5, 0.6) is 0 Å². The van der Waals surface area contributed by atoms with Gasteiger partial charge in [0.15, 0.2) is 0 Å². The lowest BCUT2D eigenvalue weighted by atomic mass is 9.87. The van der Waals surface area contributed by atoms with E-state index in [0.717, 1.165) is 25.0 Å². The van der Waals surface area contributed by atoms with Crippen LogP contribution in [0.1, 0.15) is 80.7 Å². The number of hydrogen-bond acceptors (Lipinski definition) is 3. The molecule has 0 aliphatic heterocycles. The highest BCUT2D eigenvalue weighted by Crippen LogP contribution is 2.37. The second-order valence-corrected chi connectivity index (χ2v) is 6.54. The van der Waals surface area contributed by atoms with Crippen LogP contribution in [0.4, 0.5) is 0 Å². The molecule has 0 amide bonds. The number of aryl methyl sites for hydroxylation is 1. The molecule has 1 aliphatic rings. The summed E-state index contributed by atoms with van der Waals surface area (Å²) in [6.45, 7) is 10.7. The Kier molecular flexibility index (Phi) is 4.17. The molecule has 0 N–H and O–H groups in total. The lowest BCUT2D eigenvalue weighted by Gasteiger charge is -2.23. The molecule has 1 aromatic heterocycles. The maximum absolute atomic E-state index is 12.2. The molecule has 1 heterocycles. The molecule has 3 nitrogen and oxygen atoms in total. The first-order valence-corrected chi connectivity index (χ1v) is 7.59. The van der Waals surface area contributed by atoms with Gasteiger partial charge in [-0.15, -0.1) is 0 Å². The number of hydrogen-bond donors (Lipinski definition) is 0. The van der Waals surface area contributed by atoms with Gasteiger partial charge < -0.3 is 4.74 Å². The first kappa shape index (κ1) is 15.0. The minimum absolute atomic E-state index is 0.155. The molecule has 1 unspecified atom stereocenters. The summed E-state index contributed by atoms with van der Waals surface area (Å²) in [4.78, 5) is 17.1. The fraction of sp³-hybridized carbons (Fsp3) is 0.647. The Morgan fingerprint density at radius 1 is 1.40 bits per heavy atom. The summed E-state index contributed by atoms with van der Waals surface area (Å²) in [6, 6.07) is 2.02. The second kappa shape index (κ2) is 5.55. The van der Waals surface area contributed by atoms with Gasteiger partial charge in [0.05, 0.1) is 17.9 Å². The summed E-state index contributed by atoms with van der Waals surface area (Å²) in [6.07, 6.45) is 3.29. The molecule has 20 heavy (non-hydrogen) atoms. The number of nitrogens with zero attached hydrogens (tertiary/aromatic N) is 1. The molecule has 0 aromatic carbocycles. The lowest BCUT2D eigenvalue weighted by Crippen LogP contribution is -2.22. The average Bonchev–Trinajstić information content (AvgIpc) is 2.78. The van der Waals surface area contributed by atoms with Crippen molar-refractivity contribution in [1.82, 2.24) is 4.98 Å². The van der Waals surface area contributed by atoms with Crippen molar-refractivity contribution >= 4 is 5.97 Å². The molecule has 1 aromatic rings. The summed E-state index contributed by atoms with van der Waals surface area (Å²) in [7, 11) is 0. The van der Waals surface area contributed by atoms with Crippen molar-refractivity contribution in [3.8, 4) is 0 Å². The Labute approximate surface area is 121 Å². The molecule has 3 heteroatoms. The first-order valence-electron chi connectivity index (χ1n) is 7.59. The zero-order valence-corrected chi connectivity index (χ0v) is 13.2. The third-order valence-corrected chi connectivity index (χ3v) is 3.98. The molecule has 110 valence electrons.